The predicted octanol–water partition coefficient (Wildman–Crippen LogP) is 1.69. The number of carboxylic acid groups (broad SMARTS) is 1. The first-order valence-electron chi connectivity index (χ1n) is 13.5. The number of hydrogen-bond acceptors (Lipinski definition) is 9. The van der Waals surface area contributed by atoms with Gasteiger partial charge in [-0.2, -0.15) is 0 Å². The standard InChI is InChI=1S/C29H29N5O9S/c1-16(35)43-14-18-15-44-26-22(25(37)34(26)23(18)27(38)39)30-24(36)21(17-6-4-3-5-7-17)31-28(40)33-13-12-32(29(33)41)19-8-10-20(42-2)11-9-19/h3-11,21-22,26H,12-15H2,1-2H3,(H,30,36)(H,31,40)(H,38,39)/t21-,22?,26-/m1/s1. The van der Waals surface area contributed by atoms with Gasteiger partial charge in [0.25, 0.3) is 5.91 Å². The van der Waals surface area contributed by atoms with Crippen molar-refractivity contribution in [1.29, 1.82) is 0 Å². The van der Waals surface area contributed by atoms with E-state index >= 15 is 0 Å². The van der Waals surface area contributed by atoms with E-state index in [0.717, 1.165) is 9.80 Å². The fourth-order valence-electron chi connectivity index (χ4n) is 5.09. The van der Waals surface area contributed by atoms with Gasteiger partial charge in [-0.15, -0.1) is 11.8 Å². The maximum absolute atomic E-state index is 13.6. The molecule has 44 heavy (non-hydrogen) atoms. The Hall–Kier alpha value is -5.05. The average molecular weight is 624 g/mol. The van der Waals surface area contributed by atoms with E-state index in [0.29, 0.717) is 17.0 Å². The number of carbonyl (C=O) groups is 6. The van der Waals surface area contributed by atoms with Crippen LogP contribution in [0.1, 0.15) is 18.5 Å². The maximum Gasteiger partial charge on any atom is 0.352 e. The summed E-state index contributed by atoms with van der Waals surface area (Å²) in [5.74, 6) is -2.54. The van der Waals surface area contributed by atoms with Crippen molar-refractivity contribution >= 4 is 53.3 Å². The van der Waals surface area contributed by atoms with Gasteiger partial charge in [-0.25, -0.2) is 19.3 Å². The van der Waals surface area contributed by atoms with Crippen LogP contribution in [0.4, 0.5) is 15.3 Å². The Balaban J connectivity index is 1.29. The first kappa shape index (κ1) is 30.4. The number of methoxy groups -OCH3 is 1. The molecule has 0 bridgehead atoms. The Morgan fingerprint density at radius 3 is 2.39 bits per heavy atom. The number of rotatable bonds is 9. The molecule has 1 unspecified atom stereocenters. The van der Waals surface area contributed by atoms with Crippen molar-refractivity contribution < 1.29 is 43.3 Å². The molecule has 0 saturated carbocycles. The summed E-state index contributed by atoms with van der Waals surface area (Å²) in [6.45, 7) is 1.24. The number of imide groups is 1. The van der Waals surface area contributed by atoms with Crippen LogP contribution < -0.4 is 20.3 Å². The van der Waals surface area contributed by atoms with E-state index in [1.54, 1.807) is 54.6 Å². The Morgan fingerprint density at radius 1 is 1.05 bits per heavy atom. The third-order valence-corrected chi connectivity index (χ3v) is 8.64. The summed E-state index contributed by atoms with van der Waals surface area (Å²) < 4.78 is 10.1. The lowest BCUT2D eigenvalue weighted by Gasteiger charge is -2.49. The summed E-state index contributed by atoms with van der Waals surface area (Å²) >= 11 is 1.21. The van der Waals surface area contributed by atoms with Crippen LogP contribution in [0.2, 0.25) is 0 Å². The Bertz CT molecular complexity index is 1530. The number of anilines is 1. The fraction of sp³-hybridized carbons (Fsp3) is 0.310. The van der Waals surface area contributed by atoms with Crippen molar-refractivity contribution in [2.45, 2.75) is 24.4 Å². The second kappa shape index (κ2) is 12.7. The molecular formula is C29H29N5O9S. The first-order chi connectivity index (χ1) is 21.1. The van der Waals surface area contributed by atoms with Gasteiger partial charge in [0.05, 0.1) is 13.7 Å². The maximum atomic E-state index is 13.6. The summed E-state index contributed by atoms with van der Waals surface area (Å²) in [6.07, 6.45) is 0. The molecule has 2 aromatic carbocycles. The van der Waals surface area contributed by atoms with Crippen LogP contribution >= 0.6 is 11.8 Å². The molecule has 0 radical (unpaired) electrons. The molecule has 15 heteroatoms. The summed E-state index contributed by atoms with van der Waals surface area (Å²) in [6, 6.07) is 11.4. The molecule has 0 aromatic heterocycles. The lowest BCUT2D eigenvalue weighted by atomic mass is 10.0. The zero-order valence-electron chi connectivity index (χ0n) is 23.7. The van der Waals surface area contributed by atoms with Crippen molar-refractivity contribution in [2.24, 2.45) is 0 Å². The molecule has 3 aliphatic rings. The minimum absolute atomic E-state index is 0.0780. The van der Waals surface area contributed by atoms with Crippen molar-refractivity contribution in [3.05, 3.63) is 71.4 Å². The third kappa shape index (κ3) is 5.90. The molecule has 3 aliphatic heterocycles. The van der Waals surface area contributed by atoms with Gasteiger partial charge >= 0.3 is 24.0 Å². The van der Waals surface area contributed by atoms with Gasteiger partial charge in [-0.3, -0.25) is 24.2 Å². The lowest BCUT2D eigenvalue weighted by Crippen LogP contribution is -2.71. The van der Waals surface area contributed by atoms with E-state index in [1.165, 1.54) is 30.7 Å². The molecule has 0 spiro atoms. The Labute approximate surface area is 255 Å². The molecule has 3 heterocycles. The van der Waals surface area contributed by atoms with Gasteiger partial charge < -0.3 is 25.2 Å². The largest absolute Gasteiger partial charge is 0.497 e. The Morgan fingerprint density at radius 2 is 1.75 bits per heavy atom. The van der Waals surface area contributed by atoms with Gasteiger partial charge in [-0.05, 0) is 29.8 Å². The second-order valence-electron chi connectivity index (χ2n) is 10.0. The number of aliphatic carboxylic acids is 1. The number of nitrogens with one attached hydrogen (secondary N) is 2. The van der Waals surface area contributed by atoms with Gasteiger partial charge in [0.2, 0.25) is 5.91 Å². The number of amides is 6. The highest BCUT2D eigenvalue weighted by atomic mass is 32.2. The molecule has 3 atom stereocenters. The monoisotopic (exact) mass is 623 g/mol. The number of β-lactam (4-membered cyclic amide) rings is 1. The van der Waals surface area contributed by atoms with Crippen molar-refractivity contribution in [3.8, 4) is 5.75 Å². The van der Waals surface area contributed by atoms with Gasteiger partial charge in [-0.1, -0.05) is 30.3 Å². The summed E-state index contributed by atoms with van der Waals surface area (Å²) in [7, 11) is 1.53. The number of benzene rings is 2. The number of thioether (sulfide) groups is 1. The normalized spacial score (nSPS) is 20.0. The summed E-state index contributed by atoms with van der Waals surface area (Å²) in [4.78, 5) is 79.9. The van der Waals surface area contributed by atoms with Crippen LogP contribution in [0.5, 0.6) is 5.75 Å². The number of urea groups is 2. The first-order valence-corrected chi connectivity index (χ1v) is 14.6. The molecule has 0 aliphatic carbocycles. The van der Waals surface area contributed by atoms with Crippen LogP contribution in [-0.4, -0.2) is 94.7 Å². The molecule has 230 valence electrons. The minimum Gasteiger partial charge on any atom is -0.497 e. The van der Waals surface area contributed by atoms with Gasteiger partial charge in [0.1, 0.15) is 35.5 Å². The van der Waals surface area contributed by atoms with E-state index in [2.05, 4.69) is 10.6 Å². The SMILES string of the molecule is COc1ccc(N2CCN(C(=O)N[C@@H](C(=O)NC3C(=O)N4C(C(=O)O)=C(COC(C)=O)CS[C@H]34)c3ccccc3)C2=O)cc1. The number of esters is 1. The summed E-state index contributed by atoms with van der Waals surface area (Å²) in [5, 5.41) is 14.3. The fourth-order valence-corrected chi connectivity index (χ4v) is 6.42. The van der Waals surface area contributed by atoms with E-state index in [-0.39, 0.29) is 36.7 Å². The third-order valence-electron chi connectivity index (χ3n) is 7.30. The molecule has 2 saturated heterocycles. The molecule has 14 nitrogen and oxygen atoms in total. The number of ether oxygens (including phenoxy) is 2. The van der Waals surface area contributed by atoms with Crippen LogP contribution in [0.25, 0.3) is 0 Å². The van der Waals surface area contributed by atoms with Crippen LogP contribution in [-0.2, 0) is 23.9 Å². The summed E-state index contributed by atoms with van der Waals surface area (Å²) in [5.41, 5.74) is 0.965. The molecule has 3 N–H and O–H groups in total. The topological polar surface area (TPSA) is 175 Å². The molecule has 6 amide bonds. The number of carbonyl (C=O) groups excluding carboxylic acids is 5. The number of hydrogen-bond donors (Lipinski definition) is 3. The highest BCUT2D eigenvalue weighted by molar-refractivity contribution is 8.00. The second-order valence-corrected chi connectivity index (χ2v) is 11.1. The van der Waals surface area contributed by atoms with Crippen LogP contribution in [0.3, 0.4) is 0 Å². The quantitative estimate of drug-likeness (QED) is 0.275. The predicted molar refractivity (Wildman–Crippen MR) is 156 cm³/mol. The zero-order chi connectivity index (χ0) is 31.5. The molecule has 2 fully saturated rings. The van der Waals surface area contributed by atoms with Crippen molar-refractivity contribution in [2.75, 3.05) is 37.5 Å². The molecule has 5 rings (SSSR count). The number of fused-ring (bicyclic) bond motifs is 1. The van der Waals surface area contributed by atoms with E-state index in [9.17, 15) is 33.9 Å². The van der Waals surface area contributed by atoms with Crippen molar-refractivity contribution in [1.82, 2.24) is 20.4 Å². The zero-order valence-corrected chi connectivity index (χ0v) is 24.5. The van der Waals surface area contributed by atoms with Gasteiger partial charge in [0.15, 0.2) is 0 Å². The lowest BCUT2D eigenvalue weighted by molar-refractivity contribution is -0.151. The smallest absolute Gasteiger partial charge is 0.352 e. The van der Waals surface area contributed by atoms with E-state index in [1.807, 2.05) is 0 Å². The molecular weight excluding hydrogens is 594 g/mol. The van der Waals surface area contributed by atoms with Crippen LogP contribution in [0, 0.1) is 0 Å². The van der Waals surface area contributed by atoms with Crippen molar-refractivity contribution in [3.63, 3.8) is 0 Å². The highest BCUT2D eigenvalue weighted by Crippen LogP contribution is 2.40. The van der Waals surface area contributed by atoms with E-state index in [4.69, 9.17) is 9.47 Å². The minimum atomic E-state index is -1.36. The number of carboxylic acids is 1. The average Bonchev–Trinajstić information content (AvgIpc) is 3.42. The van der Waals surface area contributed by atoms with Crippen LogP contribution in [0.15, 0.2) is 65.9 Å². The number of nitrogens with zero attached hydrogens (tertiary/aromatic N) is 3. The molecule has 2 aromatic rings. The van der Waals surface area contributed by atoms with Gasteiger partial charge in [0, 0.05) is 30.5 Å². The Kier molecular flexibility index (Phi) is 8.76. The highest BCUT2D eigenvalue weighted by Gasteiger charge is 2.54. The van der Waals surface area contributed by atoms with E-state index < -0.39 is 53.3 Å².